The number of carbonyl (C=O) groups is 1. The van der Waals surface area contributed by atoms with Crippen LogP contribution in [-0.2, 0) is 0 Å². The van der Waals surface area contributed by atoms with Crippen LogP contribution in [0.5, 0.6) is 11.5 Å². The fourth-order valence-electron chi connectivity index (χ4n) is 2.38. The first-order chi connectivity index (χ1) is 10.2. The van der Waals surface area contributed by atoms with Crippen molar-refractivity contribution in [2.45, 2.75) is 13.8 Å². The summed E-state index contributed by atoms with van der Waals surface area (Å²) in [4.78, 5) is 14.4. The van der Waals surface area contributed by atoms with E-state index in [4.69, 9.17) is 21.1 Å². The molecule has 0 aliphatic carbocycles. The summed E-state index contributed by atoms with van der Waals surface area (Å²) in [5.41, 5.74) is 0.419. The fourth-order valence-corrected chi connectivity index (χ4v) is 2.67. The van der Waals surface area contributed by atoms with Crippen molar-refractivity contribution in [2.75, 3.05) is 41.4 Å². The molecule has 0 saturated carbocycles. The fraction of sp³-hybridized carbons (Fsp3) is 0.562. The van der Waals surface area contributed by atoms with Gasteiger partial charge in [0.25, 0.3) is 5.91 Å². The second kappa shape index (κ2) is 7.70. The molecule has 0 radical (unpaired) electrons. The van der Waals surface area contributed by atoms with Crippen molar-refractivity contribution < 1.29 is 14.3 Å². The molecule has 22 heavy (non-hydrogen) atoms. The normalized spacial score (nSPS) is 11.5. The summed E-state index contributed by atoms with van der Waals surface area (Å²) in [5.74, 6) is 0.677. The van der Waals surface area contributed by atoms with E-state index in [1.54, 1.807) is 12.1 Å². The highest BCUT2D eigenvalue weighted by atomic mass is 35.5. The van der Waals surface area contributed by atoms with Gasteiger partial charge >= 0.3 is 0 Å². The number of rotatable bonds is 7. The zero-order valence-corrected chi connectivity index (χ0v) is 14.9. The van der Waals surface area contributed by atoms with Gasteiger partial charge in [-0.15, -0.1) is 0 Å². The minimum Gasteiger partial charge on any atom is -0.493 e. The SMILES string of the molecule is COc1cc(C(=O)NCC(C)(C)CN(C)C)cc(Cl)c1OC. The molecular formula is C16H25ClN2O3. The monoisotopic (exact) mass is 328 g/mol. The summed E-state index contributed by atoms with van der Waals surface area (Å²) < 4.78 is 10.4. The van der Waals surface area contributed by atoms with Gasteiger partial charge in [0.1, 0.15) is 0 Å². The third-order valence-corrected chi connectivity index (χ3v) is 3.45. The Kier molecular flexibility index (Phi) is 6.50. The number of amides is 1. The highest BCUT2D eigenvalue weighted by molar-refractivity contribution is 6.32. The molecule has 124 valence electrons. The molecule has 0 aliphatic heterocycles. The Morgan fingerprint density at radius 3 is 2.41 bits per heavy atom. The third-order valence-electron chi connectivity index (χ3n) is 3.17. The highest BCUT2D eigenvalue weighted by Crippen LogP contribution is 2.36. The maximum absolute atomic E-state index is 12.3. The predicted molar refractivity (Wildman–Crippen MR) is 89.2 cm³/mol. The Balaban J connectivity index is 2.84. The number of carbonyl (C=O) groups excluding carboxylic acids is 1. The number of halogens is 1. The van der Waals surface area contributed by atoms with Crippen molar-refractivity contribution >= 4 is 17.5 Å². The quantitative estimate of drug-likeness (QED) is 0.836. The molecule has 1 N–H and O–H groups in total. The van der Waals surface area contributed by atoms with Gasteiger partial charge in [-0.3, -0.25) is 4.79 Å². The summed E-state index contributed by atoms with van der Waals surface area (Å²) in [6, 6.07) is 3.20. The van der Waals surface area contributed by atoms with Gasteiger partial charge in [0.05, 0.1) is 19.2 Å². The minimum absolute atomic E-state index is 0.0283. The van der Waals surface area contributed by atoms with Crippen LogP contribution in [0.3, 0.4) is 0 Å². The molecule has 1 aromatic carbocycles. The Bertz CT molecular complexity index is 530. The molecule has 1 rings (SSSR count). The highest BCUT2D eigenvalue weighted by Gasteiger charge is 2.21. The number of hydrogen-bond acceptors (Lipinski definition) is 4. The summed E-state index contributed by atoms with van der Waals surface area (Å²) in [6.07, 6.45) is 0. The van der Waals surface area contributed by atoms with Gasteiger partial charge in [-0.05, 0) is 31.6 Å². The molecule has 1 amide bonds. The van der Waals surface area contributed by atoms with E-state index >= 15 is 0 Å². The number of nitrogens with zero attached hydrogens (tertiary/aromatic N) is 1. The van der Waals surface area contributed by atoms with Crippen molar-refractivity contribution in [3.63, 3.8) is 0 Å². The molecule has 0 aromatic heterocycles. The number of methoxy groups -OCH3 is 2. The van der Waals surface area contributed by atoms with Gasteiger partial charge in [-0.25, -0.2) is 0 Å². The smallest absolute Gasteiger partial charge is 0.251 e. The van der Waals surface area contributed by atoms with Gasteiger partial charge in [0.2, 0.25) is 0 Å². The van der Waals surface area contributed by atoms with Crippen LogP contribution in [0.1, 0.15) is 24.2 Å². The number of benzene rings is 1. The summed E-state index contributed by atoms with van der Waals surface area (Å²) in [6.45, 7) is 5.65. The van der Waals surface area contributed by atoms with Crippen molar-refractivity contribution in [1.82, 2.24) is 10.2 Å². The van der Waals surface area contributed by atoms with Gasteiger partial charge in [0.15, 0.2) is 11.5 Å². The van der Waals surface area contributed by atoms with Crippen molar-refractivity contribution in [2.24, 2.45) is 5.41 Å². The average molecular weight is 329 g/mol. The standard InChI is InChI=1S/C16H25ClN2O3/c1-16(2,10-19(3)4)9-18-15(20)11-7-12(17)14(22-6)13(8-11)21-5/h7-8H,9-10H2,1-6H3,(H,18,20). The van der Waals surface area contributed by atoms with Crippen LogP contribution in [0.15, 0.2) is 12.1 Å². The topological polar surface area (TPSA) is 50.8 Å². The molecule has 0 saturated heterocycles. The van der Waals surface area contributed by atoms with Gasteiger partial charge < -0.3 is 19.7 Å². The van der Waals surface area contributed by atoms with Crippen LogP contribution in [0.4, 0.5) is 0 Å². The van der Waals surface area contributed by atoms with Crippen molar-refractivity contribution in [1.29, 1.82) is 0 Å². The lowest BCUT2D eigenvalue weighted by Crippen LogP contribution is -2.40. The number of nitrogens with one attached hydrogen (secondary N) is 1. The van der Waals surface area contributed by atoms with E-state index in [-0.39, 0.29) is 11.3 Å². The van der Waals surface area contributed by atoms with E-state index in [1.165, 1.54) is 14.2 Å². The molecule has 1 aromatic rings. The van der Waals surface area contributed by atoms with Gasteiger partial charge in [-0.1, -0.05) is 25.4 Å². The second-order valence-electron chi connectivity index (χ2n) is 6.28. The Labute approximate surface area is 137 Å². The van der Waals surface area contributed by atoms with Crippen LogP contribution in [0, 0.1) is 5.41 Å². The van der Waals surface area contributed by atoms with Crippen LogP contribution >= 0.6 is 11.6 Å². The summed E-state index contributed by atoms with van der Waals surface area (Å²) in [5, 5.41) is 3.29. The molecule has 0 spiro atoms. The predicted octanol–water partition coefficient (Wildman–Crippen LogP) is 2.67. The van der Waals surface area contributed by atoms with E-state index < -0.39 is 0 Å². The zero-order chi connectivity index (χ0) is 16.9. The van der Waals surface area contributed by atoms with Gasteiger partial charge in [-0.2, -0.15) is 0 Å². The first-order valence-corrected chi connectivity index (χ1v) is 7.42. The lowest BCUT2D eigenvalue weighted by Gasteiger charge is -2.28. The molecule has 6 heteroatoms. The Morgan fingerprint density at radius 1 is 1.27 bits per heavy atom. The maximum Gasteiger partial charge on any atom is 0.251 e. The lowest BCUT2D eigenvalue weighted by atomic mass is 9.93. The van der Waals surface area contributed by atoms with E-state index in [1.807, 2.05) is 14.1 Å². The summed E-state index contributed by atoms with van der Waals surface area (Å²) >= 11 is 6.12. The van der Waals surface area contributed by atoms with E-state index in [0.29, 0.717) is 28.6 Å². The van der Waals surface area contributed by atoms with Gasteiger partial charge in [0, 0.05) is 18.7 Å². The first-order valence-electron chi connectivity index (χ1n) is 7.04. The third kappa shape index (κ3) is 5.07. The Morgan fingerprint density at radius 2 is 1.91 bits per heavy atom. The van der Waals surface area contributed by atoms with Crippen LogP contribution in [-0.4, -0.2) is 52.2 Å². The van der Waals surface area contributed by atoms with Crippen molar-refractivity contribution in [3.05, 3.63) is 22.7 Å². The molecular weight excluding hydrogens is 304 g/mol. The van der Waals surface area contributed by atoms with Crippen LogP contribution in [0.2, 0.25) is 5.02 Å². The van der Waals surface area contributed by atoms with Crippen LogP contribution in [0.25, 0.3) is 0 Å². The average Bonchev–Trinajstić information content (AvgIpc) is 2.42. The first kappa shape index (κ1) is 18.6. The lowest BCUT2D eigenvalue weighted by molar-refractivity contribution is 0.0929. The zero-order valence-electron chi connectivity index (χ0n) is 14.1. The number of ether oxygens (including phenoxy) is 2. The van der Waals surface area contributed by atoms with E-state index in [2.05, 4.69) is 24.1 Å². The Hall–Kier alpha value is -1.46. The number of hydrogen-bond donors (Lipinski definition) is 1. The van der Waals surface area contributed by atoms with E-state index in [0.717, 1.165) is 6.54 Å². The molecule has 0 heterocycles. The molecule has 0 unspecified atom stereocenters. The largest absolute Gasteiger partial charge is 0.493 e. The minimum atomic E-state index is -0.185. The van der Waals surface area contributed by atoms with Crippen molar-refractivity contribution in [3.8, 4) is 11.5 Å². The second-order valence-corrected chi connectivity index (χ2v) is 6.69. The molecule has 5 nitrogen and oxygen atoms in total. The molecule has 0 atom stereocenters. The maximum atomic E-state index is 12.3. The molecule has 0 fully saturated rings. The summed E-state index contributed by atoms with van der Waals surface area (Å²) in [7, 11) is 7.04. The van der Waals surface area contributed by atoms with Crippen LogP contribution < -0.4 is 14.8 Å². The van der Waals surface area contributed by atoms with E-state index in [9.17, 15) is 4.79 Å². The molecule has 0 aliphatic rings. The molecule has 0 bridgehead atoms.